The van der Waals surface area contributed by atoms with Crippen LogP contribution in [0.4, 0.5) is 0 Å². The lowest BCUT2D eigenvalue weighted by Gasteiger charge is -2.14. The summed E-state index contributed by atoms with van der Waals surface area (Å²) in [6, 6.07) is 22.5. The fourth-order valence-corrected chi connectivity index (χ4v) is 3.89. The van der Waals surface area contributed by atoms with Gasteiger partial charge in [0.15, 0.2) is 11.5 Å². The first kappa shape index (κ1) is 23.6. The summed E-state index contributed by atoms with van der Waals surface area (Å²) in [6.07, 6.45) is 1.53. The van der Waals surface area contributed by atoms with Crippen molar-refractivity contribution < 1.29 is 14.3 Å². The molecule has 5 nitrogen and oxygen atoms in total. The van der Waals surface area contributed by atoms with Crippen LogP contribution in [0, 0.1) is 14.9 Å². The van der Waals surface area contributed by atoms with Crippen molar-refractivity contribution in [1.29, 1.82) is 5.26 Å². The van der Waals surface area contributed by atoms with Crippen LogP contribution in [0.3, 0.4) is 0 Å². The Morgan fingerprint density at radius 1 is 1.16 bits per heavy atom. The predicted octanol–water partition coefficient (Wildman–Crippen LogP) is 5.76. The fourth-order valence-electron chi connectivity index (χ4n) is 2.92. The maximum absolute atomic E-state index is 12.5. The highest BCUT2D eigenvalue weighted by molar-refractivity contribution is 14.1. The predicted molar refractivity (Wildman–Crippen MR) is 133 cm³/mol. The Kier molecular flexibility index (Phi) is 8.54. The van der Waals surface area contributed by atoms with Gasteiger partial charge in [-0.25, -0.2) is 0 Å². The molecular formula is C25H20ClIN2O3. The molecule has 0 aliphatic carbocycles. The Labute approximate surface area is 205 Å². The molecule has 7 heteroatoms. The van der Waals surface area contributed by atoms with Gasteiger partial charge in [-0.2, -0.15) is 5.26 Å². The highest BCUT2D eigenvalue weighted by atomic mass is 127. The zero-order valence-electron chi connectivity index (χ0n) is 17.3. The Hall–Kier alpha value is -3.02. The average Bonchev–Trinajstić information content (AvgIpc) is 2.81. The minimum Gasteiger partial charge on any atom is -0.493 e. The van der Waals surface area contributed by atoms with E-state index < -0.39 is 5.91 Å². The molecule has 0 unspecified atom stereocenters. The van der Waals surface area contributed by atoms with Gasteiger partial charge in [0.1, 0.15) is 18.2 Å². The molecule has 3 rings (SSSR count). The zero-order chi connectivity index (χ0) is 22.9. The normalized spacial score (nSPS) is 10.9. The van der Waals surface area contributed by atoms with E-state index in [1.807, 2.05) is 66.7 Å². The van der Waals surface area contributed by atoms with Gasteiger partial charge < -0.3 is 14.8 Å². The SMILES string of the molecule is COc1cc(/C=C(\C#N)C(=O)NCc2ccccc2)cc(I)c1OCc1ccccc1Cl. The number of amides is 1. The van der Waals surface area contributed by atoms with Gasteiger partial charge >= 0.3 is 0 Å². The summed E-state index contributed by atoms with van der Waals surface area (Å²) in [4.78, 5) is 12.5. The summed E-state index contributed by atoms with van der Waals surface area (Å²) in [5, 5.41) is 12.9. The molecule has 0 saturated heterocycles. The maximum atomic E-state index is 12.5. The minimum atomic E-state index is -0.440. The van der Waals surface area contributed by atoms with Gasteiger partial charge in [0.2, 0.25) is 0 Å². The van der Waals surface area contributed by atoms with Crippen molar-refractivity contribution in [3.63, 3.8) is 0 Å². The topological polar surface area (TPSA) is 71.3 Å². The van der Waals surface area contributed by atoms with E-state index >= 15 is 0 Å². The van der Waals surface area contributed by atoms with E-state index in [0.29, 0.717) is 28.6 Å². The smallest absolute Gasteiger partial charge is 0.262 e. The molecule has 0 aliphatic heterocycles. The second kappa shape index (κ2) is 11.6. The fraction of sp³-hybridized carbons (Fsp3) is 0.120. The number of nitrogens with zero attached hydrogens (tertiary/aromatic N) is 1. The number of hydrogen-bond donors (Lipinski definition) is 1. The third-order valence-electron chi connectivity index (χ3n) is 4.55. The Balaban J connectivity index is 1.77. The lowest BCUT2D eigenvalue weighted by atomic mass is 10.1. The highest BCUT2D eigenvalue weighted by Crippen LogP contribution is 2.35. The first-order valence-electron chi connectivity index (χ1n) is 9.69. The van der Waals surface area contributed by atoms with Crippen molar-refractivity contribution in [1.82, 2.24) is 5.32 Å². The number of carbonyl (C=O) groups excluding carboxylic acids is 1. The van der Waals surface area contributed by atoms with E-state index in [4.69, 9.17) is 21.1 Å². The number of rotatable bonds is 8. The quantitative estimate of drug-likeness (QED) is 0.217. The third-order valence-corrected chi connectivity index (χ3v) is 5.72. The molecule has 0 fully saturated rings. The van der Waals surface area contributed by atoms with Crippen molar-refractivity contribution in [3.8, 4) is 17.6 Å². The van der Waals surface area contributed by atoms with Crippen LogP contribution in [0.15, 0.2) is 72.3 Å². The first-order chi connectivity index (χ1) is 15.5. The van der Waals surface area contributed by atoms with E-state index in [0.717, 1.165) is 14.7 Å². The number of nitriles is 1. The summed E-state index contributed by atoms with van der Waals surface area (Å²) in [5.74, 6) is 0.624. The molecule has 0 aliphatic rings. The summed E-state index contributed by atoms with van der Waals surface area (Å²) >= 11 is 8.34. The van der Waals surface area contributed by atoms with E-state index in [1.54, 1.807) is 13.2 Å². The Morgan fingerprint density at radius 3 is 2.56 bits per heavy atom. The Bertz CT molecular complexity index is 1170. The van der Waals surface area contributed by atoms with Crippen LogP contribution in [0.1, 0.15) is 16.7 Å². The minimum absolute atomic E-state index is 0.00326. The summed E-state index contributed by atoms with van der Waals surface area (Å²) in [7, 11) is 1.54. The van der Waals surface area contributed by atoms with Crippen LogP contribution in [0.25, 0.3) is 6.08 Å². The lowest BCUT2D eigenvalue weighted by Crippen LogP contribution is -2.23. The molecule has 3 aromatic rings. The molecule has 0 bridgehead atoms. The molecule has 0 atom stereocenters. The number of ether oxygens (including phenoxy) is 2. The molecular weight excluding hydrogens is 539 g/mol. The van der Waals surface area contributed by atoms with Crippen molar-refractivity contribution in [2.45, 2.75) is 13.2 Å². The largest absolute Gasteiger partial charge is 0.493 e. The van der Waals surface area contributed by atoms with Crippen molar-refractivity contribution in [2.24, 2.45) is 0 Å². The lowest BCUT2D eigenvalue weighted by molar-refractivity contribution is -0.117. The zero-order valence-corrected chi connectivity index (χ0v) is 20.2. The van der Waals surface area contributed by atoms with Crippen molar-refractivity contribution in [2.75, 3.05) is 7.11 Å². The second-order valence-corrected chi connectivity index (χ2v) is 8.32. The van der Waals surface area contributed by atoms with Gasteiger partial charge in [0.05, 0.1) is 10.7 Å². The van der Waals surface area contributed by atoms with Crippen LogP contribution in [-0.2, 0) is 17.9 Å². The molecule has 1 amide bonds. The first-order valence-corrected chi connectivity index (χ1v) is 11.1. The van der Waals surface area contributed by atoms with E-state index in [9.17, 15) is 10.1 Å². The van der Waals surface area contributed by atoms with Crippen LogP contribution < -0.4 is 14.8 Å². The van der Waals surface area contributed by atoms with Gasteiger partial charge in [0.25, 0.3) is 5.91 Å². The molecule has 3 aromatic carbocycles. The van der Waals surface area contributed by atoms with Gasteiger partial charge in [0, 0.05) is 17.1 Å². The molecule has 0 spiro atoms. The number of benzene rings is 3. The van der Waals surface area contributed by atoms with Crippen LogP contribution in [0.2, 0.25) is 5.02 Å². The molecule has 32 heavy (non-hydrogen) atoms. The van der Waals surface area contributed by atoms with Crippen LogP contribution >= 0.6 is 34.2 Å². The maximum Gasteiger partial charge on any atom is 0.262 e. The van der Waals surface area contributed by atoms with E-state index in [1.165, 1.54) is 6.08 Å². The summed E-state index contributed by atoms with van der Waals surface area (Å²) in [5.41, 5.74) is 2.47. The van der Waals surface area contributed by atoms with Crippen molar-refractivity contribution >= 4 is 46.2 Å². The van der Waals surface area contributed by atoms with Gasteiger partial charge in [-0.05, 0) is 58.0 Å². The highest BCUT2D eigenvalue weighted by Gasteiger charge is 2.14. The van der Waals surface area contributed by atoms with Crippen molar-refractivity contribution in [3.05, 3.63) is 97.6 Å². The number of methoxy groups -OCH3 is 1. The third kappa shape index (κ3) is 6.25. The number of carbonyl (C=O) groups is 1. The number of hydrogen-bond acceptors (Lipinski definition) is 4. The van der Waals surface area contributed by atoms with E-state index in [-0.39, 0.29) is 12.2 Å². The molecule has 0 heterocycles. The molecule has 1 N–H and O–H groups in total. The number of nitrogens with one attached hydrogen (secondary N) is 1. The van der Waals surface area contributed by atoms with Gasteiger partial charge in [-0.1, -0.05) is 60.1 Å². The van der Waals surface area contributed by atoms with Gasteiger partial charge in [-0.3, -0.25) is 4.79 Å². The van der Waals surface area contributed by atoms with Crippen LogP contribution in [0.5, 0.6) is 11.5 Å². The van der Waals surface area contributed by atoms with E-state index in [2.05, 4.69) is 27.9 Å². The summed E-state index contributed by atoms with van der Waals surface area (Å²) < 4.78 is 12.2. The molecule has 0 radical (unpaired) electrons. The standard InChI is InChI=1S/C25H20ClIN2O3/c1-31-23-13-18(11-20(14-28)25(30)29-15-17-7-3-2-4-8-17)12-22(27)24(23)32-16-19-9-5-6-10-21(19)26/h2-13H,15-16H2,1H3,(H,29,30)/b20-11+. The monoisotopic (exact) mass is 558 g/mol. The Morgan fingerprint density at radius 2 is 1.88 bits per heavy atom. The molecule has 162 valence electrons. The average molecular weight is 559 g/mol. The van der Waals surface area contributed by atoms with Crippen LogP contribution in [-0.4, -0.2) is 13.0 Å². The molecule has 0 aromatic heterocycles. The summed E-state index contributed by atoms with van der Waals surface area (Å²) in [6.45, 7) is 0.626. The molecule has 0 saturated carbocycles. The number of halogens is 2. The van der Waals surface area contributed by atoms with Gasteiger partial charge in [-0.15, -0.1) is 0 Å². The second-order valence-electron chi connectivity index (χ2n) is 6.75.